The molecule has 0 fully saturated rings. The first-order chi connectivity index (χ1) is 8.75. The van der Waals surface area contributed by atoms with Crippen LogP contribution in [-0.2, 0) is 14.5 Å². The van der Waals surface area contributed by atoms with Gasteiger partial charge in [0.15, 0.2) is 6.61 Å². The summed E-state index contributed by atoms with van der Waals surface area (Å²) in [5, 5.41) is 0. The van der Waals surface area contributed by atoms with Gasteiger partial charge in [0, 0.05) is 6.61 Å². The van der Waals surface area contributed by atoms with E-state index in [0.29, 0.717) is 18.8 Å². The lowest BCUT2D eigenvalue weighted by molar-refractivity contribution is -0.218. The molecule has 4 heteroatoms. The van der Waals surface area contributed by atoms with Crippen LogP contribution in [-0.4, -0.2) is 19.2 Å². The molecule has 18 heavy (non-hydrogen) atoms. The Labute approximate surface area is 108 Å². The van der Waals surface area contributed by atoms with Crippen molar-refractivity contribution in [2.24, 2.45) is 0 Å². The molecule has 0 saturated heterocycles. The fraction of sp³-hybridized carbons (Fsp3) is 0.429. The number of hydrogen-bond donors (Lipinski definition) is 0. The quantitative estimate of drug-likeness (QED) is 0.404. The van der Waals surface area contributed by atoms with Gasteiger partial charge in [-0.1, -0.05) is 31.5 Å². The average Bonchev–Trinajstić information content (AvgIpc) is 2.38. The first-order valence-corrected chi connectivity index (χ1v) is 6.08. The van der Waals surface area contributed by atoms with Crippen LogP contribution in [0.5, 0.6) is 0 Å². The summed E-state index contributed by atoms with van der Waals surface area (Å²) in [5.74, 6) is -0.502. The molecule has 4 nitrogen and oxygen atoms in total. The number of hydrogen-bond acceptors (Lipinski definition) is 4. The molecule has 0 aromatic heterocycles. The Morgan fingerprint density at radius 2 is 2.11 bits per heavy atom. The van der Waals surface area contributed by atoms with Crippen LogP contribution in [0.3, 0.4) is 0 Å². The van der Waals surface area contributed by atoms with E-state index in [4.69, 9.17) is 4.74 Å². The summed E-state index contributed by atoms with van der Waals surface area (Å²) in [6.07, 6.45) is 2.10. The van der Waals surface area contributed by atoms with Crippen molar-refractivity contribution in [3.05, 3.63) is 42.0 Å². The van der Waals surface area contributed by atoms with Crippen molar-refractivity contribution in [3.8, 4) is 0 Å². The van der Waals surface area contributed by atoms with Gasteiger partial charge in [-0.15, -0.1) is 0 Å². The van der Waals surface area contributed by atoms with E-state index < -0.39 is 5.97 Å². The SMILES string of the molecule is CCCCOC[CH]OOC(=O)c1ccccc1C. The fourth-order valence-corrected chi connectivity index (χ4v) is 1.33. The second-order valence-corrected chi connectivity index (χ2v) is 3.88. The van der Waals surface area contributed by atoms with Gasteiger partial charge < -0.3 is 4.74 Å². The van der Waals surface area contributed by atoms with Crippen LogP contribution in [0.25, 0.3) is 0 Å². The summed E-state index contributed by atoms with van der Waals surface area (Å²) in [4.78, 5) is 20.9. The van der Waals surface area contributed by atoms with Gasteiger partial charge >= 0.3 is 5.97 Å². The van der Waals surface area contributed by atoms with Crippen molar-refractivity contribution in [2.75, 3.05) is 13.2 Å². The lowest BCUT2D eigenvalue weighted by Crippen LogP contribution is -2.08. The molecule has 0 unspecified atom stereocenters. The molecule has 1 aromatic rings. The molecule has 0 heterocycles. The zero-order chi connectivity index (χ0) is 13.2. The van der Waals surface area contributed by atoms with Crippen LogP contribution in [0.1, 0.15) is 35.7 Å². The fourth-order valence-electron chi connectivity index (χ4n) is 1.33. The average molecular weight is 251 g/mol. The molecule has 0 bridgehead atoms. The van der Waals surface area contributed by atoms with Gasteiger partial charge in [-0.05, 0) is 25.0 Å². The second kappa shape index (κ2) is 8.66. The van der Waals surface area contributed by atoms with Gasteiger partial charge in [0.2, 0.25) is 0 Å². The van der Waals surface area contributed by atoms with E-state index in [1.54, 1.807) is 12.1 Å². The van der Waals surface area contributed by atoms with E-state index in [9.17, 15) is 4.79 Å². The number of benzene rings is 1. The minimum atomic E-state index is -0.502. The normalized spacial score (nSPS) is 10.3. The van der Waals surface area contributed by atoms with Crippen LogP contribution >= 0.6 is 0 Å². The lowest BCUT2D eigenvalue weighted by atomic mass is 10.1. The summed E-state index contributed by atoms with van der Waals surface area (Å²) >= 11 is 0. The third-order valence-electron chi connectivity index (χ3n) is 2.38. The molecule has 0 aliphatic heterocycles. The largest absolute Gasteiger partial charge is 0.378 e. The highest BCUT2D eigenvalue weighted by atomic mass is 17.2. The lowest BCUT2D eigenvalue weighted by Gasteiger charge is -2.05. The minimum Gasteiger partial charge on any atom is -0.378 e. The highest BCUT2D eigenvalue weighted by molar-refractivity contribution is 5.90. The van der Waals surface area contributed by atoms with E-state index >= 15 is 0 Å². The summed E-state index contributed by atoms with van der Waals surface area (Å²) < 4.78 is 5.21. The number of carbonyl (C=O) groups is 1. The van der Waals surface area contributed by atoms with Crippen LogP contribution in [0.15, 0.2) is 24.3 Å². The van der Waals surface area contributed by atoms with Crippen molar-refractivity contribution in [1.29, 1.82) is 0 Å². The van der Waals surface area contributed by atoms with Gasteiger partial charge in [0.25, 0.3) is 0 Å². The predicted octanol–water partition coefficient (Wildman–Crippen LogP) is 3.06. The minimum absolute atomic E-state index is 0.307. The molecular weight excluding hydrogens is 232 g/mol. The predicted molar refractivity (Wildman–Crippen MR) is 67.7 cm³/mol. The number of ether oxygens (including phenoxy) is 1. The van der Waals surface area contributed by atoms with Crippen LogP contribution in [0, 0.1) is 13.5 Å². The Hall–Kier alpha value is -1.39. The van der Waals surface area contributed by atoms with Crippen LogP contribution in [0.4, 0.5) is 0 Å². The molecule has 1 aromatic carbocycles. The maximum atomic E-state index is 11.6. The van der Waals surface area contributed by atoms with E-state index in [1.165, 1.54) is 6.61 Å². The van der Waals surface area contributed by atoms with Crippen molar-refractivity contribution in [1.82, 2.24) is 0 Å². The van der Waals surface area contributed by atoms with Crippen molar-refractivity contribution < 1.29 is 19.3 Å². The molecular formula is C14H19O4. The molecule has 0 atom stereocenters. The Kier molecular flexibility index (Phi) is 7.06. The second-order valence-electron chi connectivity index (χ2n) is 3.88. The Balaban J connectivity index is 2.16. The van der Waals surface area contributed by atoms with Crippen LogP contribution in [0.2, 0.25) is 0 Å². The van der Waals surface area contributed by atoms with Crippen LogP contribution < -0.4 is 0 Å². The van der Waals surface area contributed by atoms with Gasteiger partial charge in [-0.25, -0.2) is 4.79 Å². The number of rotatable bonds is 8. The Morgan fingerprint density at radius 1 is 1.33 bits per heavy atom. The molecule has 99 valence electrons. The Morgan fingerprint density at radius 3 is 2.83 bits per heavy atom. The monoisotopic (exact) mass is 251 g/mol. The van der Waals surface area contributed by atoms with Gasteiger partial charge in [0.1, 0.15) is 0 Å². The first-order valence-electron chi connectivity index (χ1n) is 6.08. The zero-order valence-corrected chi connectivity index (χ0v) is 10.8. The summed E-state index contributed by atoms with van der Waals surface area (Å²) in [7, 11) is 0. The summed E-state index contributed by atoms with van der Waals surface area (Å²) in [6.45, 7) is 6.25. The van der Waals surface area contributed by atoms with Gasteiger partial charge in [-0.2, -0.15) is 4.89 Å². The highest BCUT2D eigenvalue weighted by Crippen LogP contribution is 2.08. The molecule has 0 saturated carbocycles. The molecule has 0 N–H and O–H groups in total. The maximum absolute atomic E-state index is 11.6. The molecule has 1 radical (unpaired) electrons. The van der Waals surface area contributed by atoms with Crippen molar-refractivity contribution >= 4 is 5.97 Å². The number of aryl methyl sites for hydroxylation is 1. The smallest absolute Gasteiger partial charge is 0.373 e. The zero-order valence-electron chi connectivity index (χ0n) is 10.8. The third-order valence-corrected chi connectivity index (χ3v) is 2.38. The molecule has 1 rings (SSSR count). The standard InChI is InChI=1S/C14H19O4/c1-3-4-9-16-10-11-17-18-14(15)13-8-6-5-7-12(13)2/h5-8,11H,3-4,9-10H2,1-2H3. The highest BCUT2D eigenvalue weighted by Gasteiger charge is 2.10. The van der Waals surface area contributed by atoms with Crippen molar-refractivity contribution in [2.45, 2.75) is 26.7 Å². The van der Waals surface area contributed by atoms with Gasteiger partial charge in [-0.3, -0.25) is 4.89 Å². The van der Waals surface area contributed by atoms with E-state index in [-0.39, 0.29) is 0 Å². The molecule has 0 aliphatic carbocycles. The van der Waals surface area contributed by atoms with Gasteiger partial charge in [0.05, 0.1) is 12.2 Å². The maximum Gasteiger partial charge on any atom is 0.373 e. The summed E-state index contributed by atoms with van der Waals surface area (Å²) in [5.41, 5.74) is 1.35. The van der Waals surface area contributed by atoms with E-state index in [1.807, 2.05) is 19.1 Å². The molecule has 0 aliphatic rings. The number of carbonyl (C=O) groups excluding carboxylic acids is 1. The number of unbranched alkanes of at least 4 members (excludes halogenated alkanes) is 1. The molecule has 0 amide bonds. The third kappa shape index (κ3) is 5.29. The van der Waals surface area contributed by atoms with E-state index in [2.05, 4.69) is 16.7 Å². The topological polar surface area (TPSA) is 44.8 Å². The van der Waals surface area contributed by atoms with E-state index in [0.717, 1.165) is 18.4 Å². The Bertz CT molecular complexity index is 363. The molecule has 0 spiro atoms. The van der Waals surface area contributed by atoms with Crippen molar-refractivity contribution in [3.63, 3.8) is 0 Å². The first kappa shape index (κ1) is 14.7. The summed E-state index contributed by atoms with van der Waals surface area (Å²) in [6, 6.07) is 7.18.